The van der Waals surface area contributed by atoms with Gasteiger partial charge in [0.2, 0.25) is 0 Å². The molecular formula is C21H34O17S. The summed E-state index contributed by atoms with van der Waals surface area (Å²) in [6.45, 7) is -2.26. The van der Waals surface area contributed by atoms with E-state index in [1.54, 1.807) is 0 Å². The van der Waals surface area contributed by atoms with Crippen molar-refractivity contribution >= 4 is 29.7 Å². The van der Waals surface area contributed by atoms with Crippen LogP contribution < -0.4 is 0 Å². The van der Waals surface area contributed by atoms with E-state index in [0.29, 0.717) is 0 Å². The predicted octanol–water partition coefficient (Wildman–Crippen LogP) is -4.48. The van der Waals surface area contributed by atoms with Gasteiger partial charge in [-0.2, -0.15) is 11.8 Å². The van der Waals surface area contributed by atoms with Crippen LogP contribution >= 0.6 is 11.8 Å². The summed E-state index contributed by atoms with van der Waals surface area (Å²) in [6.07, 6.45) is -16.2. The number of carboxylic acids is 3. The fourth-order valence-corrected chi connectivity index (χ4v) is 4.72. The molecule has 18 heteroatoms. The number of carbonyl (C=O) groups is 3. The molecule has 0 saturated carbocycles. The minimum Gasteiger partial charge on any atom is -0.481 e. The Morgan fingerprint density at radius 2 is 1.33 bits per heavy atom. The van der Waals surface area contributed by atoms with Gasteiger partial charge in [-0.05, 0) is 12.2 Å². The lowest BCUT2D eigenvalue weighted by Gasteiger charge is -2.46. The standard InChI is InChI=1S/C21H34O17S/c22-6-11(25)16-14(29)10(24)5-21(37-16,19(33)34)36-7-12(26)17-15(30)9(23)4-20(38-17,18(31)32)35-2-1-3-39-8-13(27)28/h9-12,14-17,22-26,29-30H,1-8H2,(H,27,28)(H,31,32)(H,33,34)/t9-,10-,11-,12-,14-,15-,16-,17-,20-,21-/m1/s1. The molecule has 0 aromatic heterocycles. The number of aliphatic hydroxyl groups excluding tert-OH is 7. The fraction of sp³-hybridized carbons (Fsp3) is 0.857. The maximum absolute atomic E-state index is 12.0. The monoisotopic (exact) mass is 590 g/mol. The zero-order valence-electron chi connectivity index (χ0n) is 20.5. The third kappa shape index (κ3) is 8.18. The maximum Gasteiger partial charge on any atom is 0.364 e. The molecule has 0 aromatic carbocycles. The van der Waals surface area contributed by atoms with Crippen LogP contribution in [0.3, 0.4) is 0 Å². The van der Waals surface area contributed by atoms with Gasteiger partial charge in [0.05, 0.1) is 37.8 Å². The smallest absolute Gasteiger partial charge is 0.364 e. The SMILES string of the molecule is O=C(O)CSCCCO[C@]1(C(=O)O)C[C@@H](O)[C@@H](O)[C@@H]([C@H](O)CO[C@]2(C(=O)O)C[C@@H](O)[C@@H](O)[C@@H]([C@H](O)CO)O2)O1. The summed E-state index contributed by atoms with van der Waals surface area (Å²) in [6, 6.07) is 0. The van der Waals surface area contributed by atoms with Crippen LogP contribution in [0.4, 0.5) is 0 Å². The highest BCUT2D eigenvalue weighted by Gasteiger charge is 2.57. The average molecular weight is 591 g/mol. The van der Waals surface area contributed by atoms with Crippen molar-refractivity contribution in [2.75, 3.05) is 31.3 Å². The number of ether oxygens (including phenoxy) is 4. The lowest BCUT2D eigenvalue weighted by Crippen LogP contribution is -2.65. The van der Waals surface area contributed by atoms with E-state index in [-0.39, 0.29) is 24.5 Å². The van der Waals surface area contributed by atoms with Gasteiger partial charge in [0, 0.05) is 12.8 Å². The van der Waals surface area contributed by atoms with Gasteiger partial charge in [0.15, 0.2) is 0 Å². The van der Waals surface area contributed by atoms with Gasteiger partial charge in [-0.15, -0.1) is 0 Å². The van der Waals surface area contributed by atoms with Crippen molar-refractivity contribution in [3.63, 3.8) is 0 Å². The van der Waals surface area contributed by atoms with E-state index in [2.05, 4.69) is 0 Å². The molecule has 10 atom stereocenters. The van der Waals surface area contributed by atoms with E-state index in [0.717, 1.165) is 11.8 Å². The first-order valence-corrected chi connectivity index (χ1v) is 12.9. The second kappa shape index (κ2) is 14.3. The van der Waals surface area contributed by atoms with E-state index in [4.69, 9.17) is 29.2 Å². The third-order valence-electron chi connectivity index (χ3n) is 6.15. The van der Waals surface area contributed by atoms with Crippen LogP contribution in [0.2, 0.25) is 0 Å². The van der Waals surface area contributed by atoms with Crippen LogP contribution in [0.15, 0.2) is 0 Å². The van der Waals surface area contributed by atoms with E-state index in [9.17, 15) is 55.2 Å². The van der Waals surface area contributed by atoms with Crippen LogP contribution in [0.1, 0.15) is 19.3 Å². The second-order valence-electron chi connectivity index (χ2n) is 9.08. The lowest BCUT2D eigenvalue weighted by atomic mass is 9.91. The molecule has 2 aliphatic heterocycles. The first-order valence-electron chi connectivity index (χ1n) is 11.8. The van der Waals surface area contributed by atoms with Crippen LogP contribution in [-0.4, -0.2) is 161 Å². The van der Waals surface area contributed by atoms with Crippen molar-refractivity contribution in [1.29, 1.82) is 0 Å². The minimum absolute atomic E-state index is 0.184. The van der Waals surface area contributed by atoms with Crippen LogP contribution in [0.25, 0.3) is 0 Å². The predicted molar refractivity (Wildman–Crippen MR) is 124 cm³/mol. The fourth-order valence-electron chi connectivity index (χ4n) is 4.08. The minimum atomic E-state index is -2.76. The molecule has 2 fully saturated rings. The lowest BCUT2D eigenvalue weighted by molar-refractivity contribution is -0.343. The van der Waals surface area contributed by atoms with Gasteiger partial charge < -0.3 is 70.0 Å². The van der Waals surface area contributed by atoms with E-state index in [1.807, 2.05) is 0 Å². The molecule has 0 aliphatic carbocycles. The van der Waals surface area contributed by atoms with Gasteiger partial charge in [0.25, 0.3) is 11.6 Å². The molecule has 0 amide bonds. The van der Waals surface area contributed by atoms with Crippen LogP contribution in [0.5, 0.6) is 0 Å². The quantitative estimate of drug-likeness (QED) is 0.0804. The summed E-state index contributed by atoms with van der Waals surface area (Å²) in [5.74, 6) is -9.78. The Bertz CT molecular complexity index is 845. The molecule has 0 unspecified atom stereocenters. The topological polar surface area (TPSA) is 290 Å². The average Bonchev–Trinajstić information content (AvgIpc) is 2.87. The van der Waals surface area contributed by atoms with Crippen molar-refractivity contribution in [2.24, 2.45) is 0 Å². The van der Waals surface area contributed by atoms with E-state index in [1.165, 1.54) is 0 Å². The summed E-state index contributed by atoms with van der Waals surface area (Å²) in [5.41, 5.74) is 0. The highest BCUT2D eigenvalue weighted by Crippen LogP contribution is 2.35. The van der Waals surface area contributed by atoms with Crippen LogP contribution in [0, 0.1) is 0 Å². The molecule has 0 spiro atoms. The largest absolute Gasteiger partial charge is 0.481 e. The van der Waals surface area contributed by atoms with Gasteiger partial charge in [-0.3, -0.25) is 4.79 Å². The van der Waals surface area contributed by atoms with Crippen molar-refractivity contribution < 1.29 is 84.4 Å². The molecule has 0 bridgehead atoms. The molecule has 2 rings (SSSR count). The molecule has 2 saturated heterocycles. The Balaban J connectivity index is 2.13. The van der Waals surface area contributed by atoms with Crippen molar-refractivity contribution in [3.05, 3.63) is 0 Å². The molecular weight excluding hydrogens is 556 g/mol. The summed E-state index contributed by atoms with van der Waals surface area (Å²) < 4.78 is 21.1. The Kier molecular flexibility index (Phi) is 12.3. The van der Waals surface area contributed by atoms with Crippen molar-refractivity contribution in [3.8, 4) is 0 Å². The summed E-state index contributed by atoms with van der Waals surface area (Å²) >= 11 is 1.05. The molecule has 39 heavy (non-hydrogen) atoms. The normalized spacial score (nSPS) is 36.7. The number of aliphatic carboxylic acids is 3. The second-order valence-corrected chi connectivity index (χ2v) is 10.2. The number of rotatable bonds is 15. The first-order chi connectivity index (χ1) is 18.2. The van der Waals surface area contributed by atoms with E-state index < -0.39 is 104 Å². The Hall–Kier alpha value is -1.68. The van der Waals surface area contributed by atoms with Gasteiger partial charge in [-0.25, -0.2) is 9.59 Å². The van der Waals surface area contributed by atoms with Crippen molar-refractivity contribution in [1.82, 2.24) is 0 Å². The number of carboxylic acid groups (broad SMARTS) is 3. The highest BCUT2D eigenvalue weighted by molar-refractivity contribution is 7.99. The maximum atomic E-state index is 12.0. The Morgan fingerprint density at radius 1 is 0.846 bits per heavy atom. The molecule has 0 aromatic rings. The van der Waals surface area contributed by atoms with Gasteiger partial charge >= 0.3 is 17.9 Å². The number of hydrogen-bond donors (Lipinski definition) is 10. The first kappa shape index (κ1) is 33.5. The van der Waals surface area contributed by atoms with Crippen LogP contribution in [-0.2, 0) is 33.3 Å². The Morgan fingerprint density at radius 3 is 1.79 bits per heavy atom. The molecule has 0 radical (unpaired) electrons. The van der Waals surface area contributed by atoms with Gasteiger partial charge in [-0.1, -0.05) is 0 Å². The summed E-state index contributed by atoms with van der Waals surface area (Å²) in [4.78, 5) is 34.6. The summed E-state index contributed by atoms with van der Waals surface area (Å²) in [7, 11) is 0. The zero-order valence-corrected chi connectivity index (χ0v) is 21.3. The number of hydrogen-bond acceptors (Lipinski definition) is 15. The molecule has 10 N–H and O–H groups in total. The summed E-state index contributed by atoms with van der Waals surface area (Å²) in [5, 5.41) is 98.6. The van der Waals surface area contributed by atoms with Gasteiger partial charge in [0.1, 0.15) is 36.6 Å². The zero-order chi connectivity index (χ0) is 29.5. The highest BCUT2D eigenvalue weighted by atomic mass is 32.2. The van der Waals surface area contributed by atoms with E-state index >= 15 is 0 Å². The molecule has 226 valence electrons. The van der Waals surface area contributed by atoms with Crippen molar-refractivity contribution in [2.45, 2.75) is 79.7 Å². The number of thioether (sulfide) groups is 1. The Labute approximate surface area is 225 Å². The molecule has 2 heterocycles. The number of aliphatic hydroxyl groups is 7. The molecule has 2 aliphatic rings. The molecule has 17 nitrogen and oxygen atoms in total. The third-order valence-corrected chi connectivity index (χ3v) is 7.18.